The molecule has 1 N–H and O–H groups in total. The third kappa shape index (κ3) is 6.18. The second kappa shape index (κ2) is 8.65. The summed E-state index contributed by atoms with van der Waals surface area (Å²) in [6, 6.07) is 2.75. The zero-order valence-corrected chi connectivity index (χ0v) is 12.5. The van der Waals surface area contributed by atoms with E-state index in [1.54, 1.807) is 0 Å². The molecule has 1 atom stereocenters. The Kier molecular flexibility index (Phi) is 7.45. The highest BCUT2D eigenvalue weighted by Gasteiger charge is 2.08. The second-order valence-corrected chi connectivity index (χ2v) is 5.38. The van der Waals surface area contributed by atoms with E-state index in [0.29, 0.717) is 6.04 Å². The fourth-order valence-electron chi connectivity index (χ4n) is 2.06. The van der Waals surface area contributed by atoms with Crippen molar-refractivity contribution in [2.45, 2.75) is 52.0 Å². The van der Waals surface area contributed by atoms with Crippen LogP contribution in [0, 0.1) is 0 Å². The van der Waals surface area contributed by atoms with Crippen LogP contribution in [0.25, 0.3) is 0 Å². The van der Waals surface area contributed by atoms with Gasteiger partial charge in [-0.05, 0) is 46.9 Å². The lowest BCUT2D eigenvalue weighted by Crippen LogP contribution is -2.30. The van der Waals surface area contributed by atoms with E-state index in [2.05, 4.69) is 46.1 Å². The summed E-state index contributed by atoms with van der Waals surface area (Å²) >= 11 is 3.47. The molecule has 96 valence electrons. The molecular formula is C14H23BrN2. The van der Waals surface area contributed by atoms with Gasteiger partial charge in [0.05, 0.1) is 0 Å². The molecule has 1 heterocycles. The van der Waals surface area contributed by atoms with Crippen LogP contribution >= 0.6 is 15.9 Å². The molecule has 1 unspecified atom stereocenters. The van der Waals surface area contributed by atoms with E-state index in [-0.39, 0.29) is 0 Å². The number of unbranched alkanes of at least 4 members (excludes halogenated alkanes) is 2. The normalized spacial score (nSPS) is 12.6. The van der Waals surface area contributed by atoms with Crippen molar-refractivity contribution in [3.05, 3.63) is 28.5 Å². The summed E-state index contributed by atoms with van der Waals surface area (Å²) in [7, 11) is 0. The molecule has 0 saturated heterocycles. The highest BCUT2D eigenvalue weighted by molar-refractivity contribution is 9.10. The number of nitrogens with zero attached hydrogens (tertiary/aromatic N) is 1. The summed E-state index contributed by atoms with van der Waals surface area (Å²) in [6.07, 6.45) is 10.1. The molecule has 17 heavy (non-hydrogen) atoms. The molecule has 0 aliphatic rings. The lowest BCUT2D eigenvalue weighted by molar-refractivity contribution is 0.466. The van der Waals surface area contributed by atoms with Crippen LogP contribution < -0.4 is 5.32 Å². The van der Waals surface area contributed by atoms with E-state index in [1.165, 1.54) is 31.2 Å². The largest absolute Gasteiger partial charge is 0.314 e. The average molecular weight is 299 g/mol. The first-order valence-electron chi connectivity index (χ1n) is 6.59. The summed E-state index contributed by atoms with van der Waals surface area (Å²) in [5.41, 5.74) is 1.31. The summed E-state index contributed by atoms with van der Waals surface area (Å²) in [6.45, 7) is 5.46. The van der Waals surface area contributed by atoms with Crippen LogP contribution in [-0.2, 0) is 6.42 Å². The maximum Gasteiger partial charge on any atom is 0.0410 e. The van der Waals surface area contributed by atoms with Gasteiger partial charge in [-0.25, -0.2) is 0 Å². The SMILES string of the molecule is CCCCCC(Cc1cncc(Br)c1)NCC. The minimum absolute atomic E-state index is 0.586. The topological polar surface area (TPSA) is 24.9 Å². The van der Waals surface area contributed by atoms with Crippen LogP contribution in [0.4, 0.5) is 0 Å². The molecule has 3 heteroatoms. The van der Waals surface area contributed by atoms with Gasteiger partial charge < -0.3 is 5.32 Å². The van der Waals surface area contributed by atoms with Crippen LogP contribution in [0.5, 0.6) is 0 Å². The van der Waals surface area contributed by atoms with Gasteiger partial charge in [0.1, 0.15) is 0 Å². The second-order valence-electron chi connectivity index (χ2n) is 4.47. The van der Waals surface area contributed by atoms with Crippen molar-refractivity contribution in [1.29, 1.82) is 0 Å². The first-order valence-corrected chi connectivity index (χ1v) is 7.38. The molecule has 0 bridgehead atoms. The zero-order chi connectivity index (χ0) is 12.5. The van der Waals surface area contributed by atoms with Crippen molar-refractivity contribution >= 4 is 15.9 Å². The highest BCUT2D eigenvalue weighted by atomic mass is 79.9. The Labute approximate surface area is 113 Å². The van der Waals surface area contributed by atoms with Gasteiger partial charge >= 0.3 is 0 Å². The van der Waals surface area contributed by atoms with Gasteiger partial charge in [0, 0.05) is 22.9 Å². The molecular weight excluding hydrogens is 276 g/mol. The van der Waals surface area contributed by atoms with Crippen LogP contribution in [0.15, 0.2) is 22.9 Å². The number of halogens is 1. The van der Waals surface area contributed by atoms with Crippen molar-refractivity contribution in [3.8, 4) is 0 Å². The van der Waals surface area contributed by atoms with Crippen molar-refractivity contribution in [3.63, 3.8) is 0 Å². The molecule has 2 nitrogen and oxygen atoms in total. The maximum absolute atomic E-state index is 4.22. The predicted octanol–water partition coefficient (Wildman–Crippen LogP) is 3.95. The van der Waals surface area contributed by atoms with Crippen LogP contribution in [-0.4, -0.2) is 17.6 Å². The Morgan fingerprint density at radius 2 is 2.12 bits per heavy atom. The monoisotopic (exact) mass is 298 g/mol. The Morgan fingerprint density at radius 1 is 1.29 bits per heavy atom. The van der Waals surface area contributed by atoms with E-state index >= 15 is 0 Å². The first kappa shape index (κ1) is 14.7. The fourth-order valence-corrected chi connectivity index (χ4v) is 2.47. The number of rotatable bonds is 8. The zero-order valence-electron chi connectivity index (χ0n) is 10.9. The fraction of sp³-hybridized carbons (Fsp3) is 0.643. The minimum atomic E-state index is 0.586. The van der Waals surface area contributed by atoms with Gasteiger partial charge in [-0.1, -0.05) is 33.1 Å². The third-order valence-electron chi connectivity index (χ3n) is 2.89. The number of hydrogen-bond acceptors (Lipinski definition) is 2. The Bertz CT molecular complexity index is 315. The van der Waals surface area contributed by atoms with E-state index in [4.69, 9.17) is 0 Å². The highest BCUT2D eigenvalue weighted by Crippen LogP contribution is 2.13. The lowest BCUT2D eigenvalue weighted by Gasteiger charge is -2.17. The van der Waals surface area contributed by atoms with Gasteiger partial charge in [-0.3, -0.25) is 4.98 Å². The molecule has 1 rings (SSSR count). The van der Waals surface area contributed by atoms with E-state index in [1.807, 2.05) is 12.4 Å². The van der Waals surface area contributed by atoms with Gasteiger partial charge in [-0.2, -0.15) is 0 Å². The predicted molar refractivity (Wildman–Crippen MR) is 77.2 cm³/mol. The lowest BCUT2D eigenvalue weighted by atomic mass is 10.0. The van der Waals surface area contributed by atoms with Crippen LogP contribution in [0.1, 0.15) is 45.1 Å². The minimum Gasteiger partial charge on any atom is -0.314 e. The van der Waals surface area contributed by atoms with Crippen molar-refractivity contribution in [2.75, 3.05) is 6.54 Å². The summed E-state index contributed by atoms with van der Waals surface area (Å²) < 4.78 is 1.07. The van der Waals surface area contributed by atoms with Gasteiger partial charge in [0.2, 0.25) is 0 Å². The molecule has 0 aliphatic carbocycles. The number of likely N-dealkylation sites (N-methyl/N-ethyl adjacent to an activating group) is 1. The van der Waals surface area contributed by atoms with Crippen molar-refractivity contribution in [1.82, 2.24) is 10.3 Å². The number of pyridine rings is 1. The Hall–Kier alpha value is -0.410. The Balaban J connectivity index is 2.47. The summed E-state index contributed by atoms with van der Waals surface area (Å²) in [5, 5.41) is 3.57. The smallest absolute Gasteiger partial charge is 0.0410 e. The number of nitrogens with one attached hydrogen (secondary N) is 1. The van der Waals surface area contributed by atoms with E-state index < -0.39 is 0 Å². The standard InChI is InChI=1S/C14H23BrN2/c1-3-5-6-7-14(17-4-2)9-12-8-13(15)11-16-10-12/h8,10-11,14,17H,3-7,9H2,1-2H3. The first-order chi connectivity index (χ1) is 8.26. The van der Waals surface area contributed by atoms with Crippen molar-refractivity contribution in [2.24, 2.45) is 0 Å². The molecule has 0 radical (unpaired) electrons. The van der Waals surface area contributed by atoms with Crippen LogP contribution in [0.2, 0.25) is 0 Å². The average Bonchev–Trinajstić information content (AvgIpc) is 2.29. The maximum atomic E-state index is 4.22. The molecule has 0 spiro atoms. The molecule has 0 fully saturated rings. The molecule has 0 aliphatic heterocycles. The summed E-state index contributed by atoms with van der Waals surface area (Å²) in [4.78, 5) is 4.22. The number of hydrogen-bond donors (Lipinski definition) is 1. The molecule has 0 saturated carbocycles. The molecule has 1 aromatic heterocycles. The Morgan fingerprint density at radius 3 is 2.76 bits per heavy atom. The van der Waals surface area contributed by atoms with Gasteiger partial charge in [0.25, 0.3) is 0 Å². The van der Waals surface area contributed by atoms with E-state index in [9.17, 15) is 0 Å². The quantitative estimate of drug-likeness (QED) is 0.735. The summed E-state index contributed by atoms with van der Waals surface area (Å²) in [5.74, 6) is 0. The van der Waals surface area contributed by atoms with Gasteiger partial charge in [0.15, 0.2) is 0 Å². The van der Waals surface area contributed by atoms with Crippen LogP contribution in [0.3, 0.4) is 0 Å². The van der Waals surface area contributed by atoms with Crippen molar-refractivity contribution < 1.29 is 0 Å². The molecule has 1 aromatic rings. The van der Waals surface area contributed by atoms with E-state index in [0.717, 1.165) is 17.4 Å². The molecule has 0 aromatic carbocycles. The number of aromatic nitrogens is 1. The van der Waals surface area contributed by atoms with Gasteiger partial charge in [-0.15, -0.1) is 0 Å². The third-order valence-corrected chi connectivity index (χ3v) is 3.33. The molecule has 0 amide bonds.